The highest BCUT2D eigenvalue weighted by atomic mass is 16.7. The van der Waals surface area contributed by atoms with E-state index in [0.717, 1.165) is 5.56 Å². The number of hydrogen-bond donors (Lipinski definition) is 1. The lowest BCUT2D eigenvalue weighted by Crippen LogP contribution is -2.41. The second-order valence-electron chi connectivity index (χ2n) is 7.85. The van der Waals surface area contributed by atoms with Crippen molar-refractivity contribution in [3.63, 3.8) is 0 Å². The van der Waals surface area contributed by atoms with E-state index in [1.165, 1.54) is 0 Å². The third-order valence-electron chi connectivity index (χ3n) is 4.38. The van der Waals surface area contributed by atoms with Crippen LogP contribution in [-0.4, -0.2) is 39.8 Å². The normalized spacial score (nSPS) is 21.5. The Morgan fingerprint density at radius 3 is 2.23 bits per heavy atom. The number of aliphatic hydroxyl groups is 1. The van der Waals surface area contributed by atoms with E-state index in [0.29, 0.717) is 5.47 Å². The van der Waals surface area contributed by atoms with Crippen LogP contribution < -0.4 is 0 Å². The van der Waals surface area contributed by atoms with Gasteiger partial charge in [-0.05, 0) is 53.9 Å². The van der Waals surface area contributed by atoms with Crippen molar-refractivity contribution in [1.29, 1.82) is 0 Å². The quantitative estimate of drug-likeness (QED) is 0.872. The van der Waals surface area contributed by atoms with Crippen LogP contribution in [0.3, 0.4) is 0 Å². The summed E-state index contributed by atoms with van der Waals surface area (Å²) in [6.45, 7) is 14.2. The maximum atomic E-state index is 9.70. The fraction of sp³-hybridized carbons (Fsp3) is 0.688. The predicted octanol–water partition coefficient (Wildman–Crippen LogP) is 2.65. The minimum Gasteiger partial charge on any atom is -0.400 e. The number of hydrogen-bond acceptors (Lipinski definition) is 4. The second-order valence-corrected chi connectivity index (χ2v) is 7.85. The van der Waals surface area contributed by atoms with Gasteiger partial charge in [-0.1, -0.05) is 6.08 Å². The van der Waals surface area contributed by atoms with Gasteiger partial charge in [0.15, 0.2) is 0 Å². The van der Waals surface area contributed by atoms with Gasteiger partial charge in [0.05, 0.1) is 29.5 Å². The van der Waals surface area contributed by atoms with E-state index in [9.17, 15) is 5.11 Å². The fourth-order valence-corrected chi connectivity index (χ4v) is 2.17. The smallest absolute Gasteiger partial charge is 0.400 e. The van der Waals surface area contributed by atoms with Crippen molar-refractivity contribution in [1.82, 2.24) is 9.78 Å². The maximum absolute atomic E-state index is 9.70. The molecular weight excluding hydrogens is 279 g/mol. The monoisotopic (exact) mass is 306 g/mol. The lowest BCUT2D eigenvalue weighted by molar-refractivity contribution is 0.00578. The third-order valence-corrected chi connectivity index (χ3v) is 4.38. The van der Waals surface area contributed by atoms with E-state index in [2.05, 4.69) is 25.9 Å². The Labute approximate surface area is 133 Å². The lowest BCUT2D eigenvalue weighted by atomic mass is 9.78. The standard InChI is InChI=1S/C16H27BN2O3/c1-14(2,3)19-10-12(9-18-19)8-13(11-20)17-21-15(4,5)16(6,7)22-17/h8-10,20H,11H2,1-7H3. The highest BCUT2D eigenvalue weighted by molar-refractivity contribution is 6.55. The molecule has 0 aliphatic carbocycles. The summed E-state index contributed by atoms with van der Waals surface area (Å²) in [6, 6.07) is 0. The summed E-state index contributed by atoms with van der Waals surface area (Å²) in [5, 5.41) is 14.1. The van der Waals surface area contributed by atoms with Crippen LogP contribution in [0.15, 0.2) is 17.9 Å². The molecule has 22 heavy (non-hydrogen) atoms. The Hall–Kier alpha value is -1.11. The molecule has 0 saturated carbocycles. The molecule has 0 unspecified atom stereocenters. The van der Waals surface area contributed by atoms with Gasteiger partial charge in [-0.15, -0.1) is 0 Å². The summed E-state index contributed by atoms with van der Waals surface area (Å²) in [7, 11) is -0.534. The average molecular weight is 306 g/mol. The van der Waals surface area contributed by atoms with E-state index in [4.69, 9.17) is 9.31 Å². The number of nitrogens with zero attached hydrogens (tertiary/aromatic N) is 2. The van der Waals surface area contributed by atoms with Gasteiger partial charge in [-0.3, -0.25) is 4.68 Å². The summed E-state index contributed by atoms with van der Waals surface area (Å²) < 4.78 is 13.9. The first-order valence-electron chi connectivity index (χ1n) is 7.68. The van der Waals surface area contributed by atoms with Gasteiger partial charge in [-0.25, -0.2) is 0 Å². The van der Waals surface area contributed by atoms with Crippen LogP contribution in [-0.2, 0) is 14.8 Å². The first-order valence-corrected chi connectivity index (χ1v) is 7.68. The molecule has 0 aromatic carbocycles. The van der Waals surface area contributed by atoms with Crippen molar-refractivity contribution in [3.8, 4) is 0 Å². The molecular formula is C16H27BN2O3. The average Bonchev–Trinajstić information content (AvgIpc) is 2.89. The molecule has 1 aromatic heterocycles. The zero-order chi connectivity index (χ0) is 16.8. The van der Waals surface area contributed by atoms with Gasteiger partial charge in [0.25, 0.3) is 0 Å². The molecule has 1 saturated heterocycles. The van der Waals surface area contributed by atoms with Crippen LogP contribution in [0.5, 0.6) is 0 Å². The summed E-state index contributed by atoms with van der Waals surface area (Å²) in [5.74, 6) is 0. The molecule has 1 aliphatic rings. The van der Waals surface area contributed by atoms with Gasteiger partial charge in [0.1, 0.15) is 0 Å². The summed E-state index contributed by atoms with van der Waals surface area (Å²) in [5.41, 5.74) is 0.722. The second kappa shape index (κ2) is 5.51. The molecule has 0 spiro atoms. The van der Waals surface area contributed by atoms with Crippen molar-refractivity contribution in [2.45, 2.75) is 65.2 Å². The predicted molar refractivity (Wildman–Crippen MR) is 88.4 cm³/mol. The highest BCUT2D eigenvalue weighted by Crippen LogP contribution is 2.38. The lowest BCUT2D eigenvalue weighted by Gasteiger charge is -2.32. The van der Waals surface area contributed by atoms with Crippen LogP contribution in [0, 0.1) is 0 Å². The molecule has 1 aromatic rings. The molecule has 0 radical (unpaired) electrons. The Morgan fingerprint density at radius 1 is 1.27 bits per heavy atom. The Bertz CT molecular complexity index is 554. The minimum absolute atomic E-state index is 0.0736. The van der Waals surface area contributed by atoms with Crippen molar-refractivity contribution < 1.29 is 14.4 Å². The van der Waals surface area contributed by atoms with Crippen LogP contribution in [0.4, 0.5) is 0 Å². The van der Waals surface area contributed by atoms with E-state index in [1.807, 2.05) is 44.6 Å². The summed E-state index contributed by atoms with van der Waals surface area (Å²) in [6.07, 6.45) is 5.63. The molecule has 2 heterocycles. The Kier molecular flexibility index (Phi) is 4.32. The molecule has 0 amide bonds. The summed E-state index contributed by atoms with van der Waals surface area (Å²) in [4.78, 5) is 0. The van der Waals surface area contributed by atoms with Crippen molar-refractivity contribution in [2.24, 2.45) is 0 Å². The van der Waals surface area contributed by atoms with Crippen molar-refractivity contribution in [3.05, 3.63) is 23.4 Å². The van der Waals surface area contributed by atoms with Gasteiger partial charge in [-0.2, -0.15) is 5.10 Å². The zero-order valence-electron chi connectivity index (χ0n) is 14.7. The van der Waals surface area contributed by atoms with Crippen molar-refractivity contribution >= 4 is 13.2 Å². The van der Waals surface area contributed by atoms with E-state index in [-0.39, 0.29) is 12.1 Å². The van der Waals surface area contributed by atoms with Gasteiger partial charge in [0, 0.05) is 11.8 Å². The molecule has 1 fully saturated rings. The molecule has 5 nitrogen and oxygen atoms in total. The van der Waals surface area contributed by atoms with Crippen LogP contribution in [0.1, 0.15) is 54.0 Å². The topological polar surface area (TPSA) is 56.5 Å². The molecule has 1 N–H and O–H groups in total. The molecule has 0 bridgehead atoms. The Balaban J connectivity index is 2.24. The first kappa shape index (κ1) is 17.3. The molecule has 2 rings (SSSR count). The first-order chi connectivity index (χ1) is 9.96. The highest BCUT2D eigenvalue weighted by Gasteiger charge is 2.52. The van der Waals surface area contributed by atoms with E-state index < -0.39 is 18.3 Å². The molecule has 122 valence electrons. The SMILES string of the molecule is CC(C)(C)n1cc(C=C(CO)B2OC(C)(C)C(C)(C)O2)cn1. The summed E-state index contributed by atoms with van der Waals surface area (Å²) >= 11 is 0. The van der Waals surface area contributed by atoms with Crippen LogP contribution in [0.25, 0.3) is 6.08 Å². The van der Waals surface area contributed by atoms with Crippen molar-refractivity contribution in [2.75, 3.05) is 6.61 Å². The number of aliphatic hydroxyl groups excluding tert-OH is 1. The third kappa shape index (κ3) is 3.29. The van der Waals surface area contributed by atoms with E-state index >= 15 is 0 Å². The van der Waals surface area contributed by atoms with Crippen LogP contribution in [0.2, 0.25) is 0 Å². The fourth-order valence-electron chi connectivity index (χ4n) is 2.17. The van der Waals surface area contributed by atoms with Gasteiger partial charge in [0.2, 0.25) is 0 Å². The molecule has 1 aliphatic heterocycles. The zero-order valence-corrected chi connectivity index (χ0v) is 14.7. The van der Waals surface area contributed by atoms with E-state index in [1.54, 1.807) is 6.20 Å². The minimum atomic E-state index is -0.534. The number of rotatable bonds is 3. The Morgan fingerprint density at radius 2 is 1.82 bits per heavy atom. The van der Waals surface area contributed by atoms with Crippen LogP contribution >= 0.6 is 0 Å². The van der Waals surface area contributed by atoms with Gasteiger partial charge < -0.3 is 14.4 Å². The molecule has 0 atom stereocenters. The maximum Gasteiger partial charge on any atom is 0.492 e. The largest absolute Gasteiger partial charge is 0.492 e. The molecule has 6 heteroatoms. The number of aromatic nitrogens is 2. The van der Waals surface area contributed by atoms with Gasteiger partial charge >= 0.3 is 7.12 Å².